The van der Waals surface area contributed by atoms with Gasteiger partial charge in [-0.3, -0.25) is 14.5 Å². The Kier molecular flexibility index (Phi) is 6.73. The van der Waals surface area contributed by atoms with E-state index in [1.165, 1.54) is 6.42 Å². The number of carbonyl (C=O) groups excluding carboxylic acids is 2. The summed E-state index contributed by atoms with van der Waals surface area (Å²) in [5.74, 6) is 2.68. The monoisotopic (exact) mass is 433 g/mol. The molecular weight excluding hydrogens is 402 g/mol. The average Bonchev–Trinajstić information content (AvgIpc) is 3.11. The number of rotatable bonds is 7. The second kappa shape index (κ2) is 9.47. The van der Waals surface area contributed by atoms with E-state index >= 15 is 0 Å². The summed E-state index contributed by atoms with van der Waals surface area (Å²) in [7, 11) is 3.25. The molecule has 4 rings (SSSR count). The van der Waals surface area contributed by atoms with Gasteiger partial charge in [-0.2, -0.15) is 0 Å². The van der Waals surface area contributed by atoms with Crippen molar-refractivity contribution in [1.29, 1.82) is 0 Å². The summed E-state index contributed by atoms with van der Waals surface area (Å²) >= 11 is 1.66. The fourth-order valence-corrected chi connectivity index (χ4v) is 5.54. The van der Waals surface area contributed by atoms with Crippen molar-refractivity contribution in [3.05, 3.63) is 23.8 Å². The van der Waals surface area contributed by atoms with Crippen molar-refractivity contribution >= 4 is 23.6 Å². The summed E-state index contributed by atoms with van der Waals surface area (Å²) in [5, 5.41) is -0.00112. The lowest BCUT2D eigenvalue weighted by Crippen LogP contribution is -2.52. The summed E-state index contributed by atoms with van der Waals surface area (Å²) in [4.78, 5) is 31.3. The van der Waals surface area contributed by atoms with Gasteiger partial charge in [0.05, 0.1) is 20.0 Å². The highest BCUT2D eigenvalue weighted by Crippen LogP contribution is 2.41. The zero-order valence-corrected chi connectivity index (χ0v) is 18.7. The van der Waals surface area contributed by atoms with Gasteiger partial charge in [0.25, 0.3) is 0 Å². The third kappa shape index (κ3) is 4.39. The predicted octanol–water partition coefficient (Wildman–Crippen LogP) is 2.22. The molecule has 3 aliphatic rings. The maximum absolute atomic E-state index is 12.5. The first-order valence-electron chi connectivity index (χ1n) is 10.7. The molecule has 2 saturated heterocycles. The van der Waals surface area contributed by atoms with Gasteiger partial charge in [-0.15, -0.1) is 11.8 Å². The summed E-state index contributed by atoms with van der Waals surface area (Å²) in [5.41, 5.74) is 1.06. The molecule has 7 nitrogen and oxygen atoms in total. The molecule has 0 N–H and O–H groups in total. The van der Waals surface area contributed by atoms with Crippen LogP contribution in [-0.2, 0) is 9.59 Å². The van der Waals surface area contributed by atoms with Crippen molar-refractivity contribution in [2.24, 2.45) is 5.92 Å². The molecule has 0 aromatic heterocycles. The highest BCUT2D eigenvalue weighted by atomic mass is 32.2. The molecule has 2 heterocycles. The van der Waals surface area contributed by atoms with E-state index in [1.807, 2.05) is 28.0 Å². The summed E-state index contributed by atoms with van der Waals surface area (Å²) in [6.07, 6.45) is 3.32. The van der Waals surface area contributed by atoms with Crippen LogP contribution < -0.4 is 9.47 Å². The normalized spacial score (nSPS) is 22.9. The number of carbonyl (C=O) groups is 2. The lowest BCUT2D eigenvalue weighted by molar-refractivity contribution is -0.139. The van der Waals surface area contributed by atoms with Gasteiger partial charge in [-0.05, 0) is 30.5 Å². The van der Waals surface area contributed by atoms with Gasteiger partial charge in [-0.1, -0.05) is 12.5 Å². The van der Waals surface area contributed by atoms with Crippen molar-refractivity contribution in [2.75, 3.05) is 59.2 Å². The first kappa shape index (κ1) is 21.3. The second-order valence-electron chi connectivity index (χ2n) is 8.16. The molecule has 0 radical (unpaired) electrons. The second-order valence-corrected chi connectivity index (χ2v) is 9.23. The molecule has 3 fully saturated rings. The molecule has 1 atom stereocenters. The molecule has 2 aliphatic heterocycles. The molecule has 8 heteroatoms. The molecule has 1 saturated carbocycles. The Bertz CT molecular complexity index is 778. The third-order valence-electron chi connectivity index (χ3n) is 6.46. The Balaban J connectivity index is 1.32. The van der Waals surface area contributed by atoms with E-state index in [4.69, 9.17) is 9.47 Å². The van der Waals surface area contributed by atoms with Crippen LogP contribution in [0, 0.1) is 5.92 Å². The number of hydrogen-bond donors (Lipinski definition) is 0. The van der Waals surface area contributed by atoms with Crippen LogP contribution in [0.5, 0.6) is 11.5 Å². The zero-order valence-electron chi connectivity index (χ0n) is 17.8. The van der Waals surface area contributed by atoms with Crippen molar-refractivity contribution in [3.63, 3.8) is 0 Å². The number of thioether (sulfide) groups is 1. The molecule has 1 aliphatic carbocycles. The van der Waals surface area contributed by atoms with Crippen LogP contribution in [0.15, 0.2) is 18.2 Å². The predicted molar refractivity (Wildman–Crippen MR) is 117 cm³/mol. The van der Waals surface area contributed by atoms with Crippen LogP contribution in [0.1, 0.15) is 30.2 Å². The lowest BCUT2D eigenvalue weighted by atomic mass is 9.84. The van der Waals surface area contributed by atoms with E-state index in [0.29, 0.717) is 29.7 Å². The minimum Gasteiger partial charge on any atom is -0.493 e. The minimum atomic E-state index is -0.00112. The molecule has 1 aromatic rings. The molecule has 1 aromatic carbocycles. The molecular formula is C22H31N3O4S. The number of benzene rings is 1. The van der Waals surface area contributed by atoms with E-state index in [-0.39, 0.29) is 17.2 Å². The number of piperazine rings is 1. The van der Waals surface area contributed by atoms with Crippen molar-refractivity contribution in [1.82, 2.24) is 14.7 Å². The largest absolute Gasteiger partial charge is 0.493 e. The first-order chi connectivity index (χ1) is 14.6. The Morgan fingerprint density at radius 1 is 1.07 bits per heavy atom. The molecule has 0 bridgehead atoms. The fourth-order valence-electron chi connectivity index (χ4n) is 4.33. The summed E-state index contributed by atoms with van der Waals surface area (Å²) < 4.78 is 10.8. The Labute approximate surface area is 182 Å². The van der Waals surface area contributed by atoms with Crippen LogP contribution in [0.2, 0.25) is 0 Å². The van der Waals surface area contributed by atoms with Crippen molar-refractivity contribution in [3.8, 4) is 11.5 Å². The molecule has 2 amide bonds. The van der Waals surface area contributed by atoms with Gasteiger partial charge in [0, 0.05) is 45.2 Å². The van der Waals surface area contributed by atoms with Gasteiger partial charge in [0.15, 0.2) is 11.5 Å². The van der Waals surface area contributed by atoms with E-state index in [0.717, 1.165) is 51.1 Å². The highest BCUT2D eigenvalue weighted by molar-refractivity contribution is 8.00. The van der Waals surface area contributed by atoms with Gasteiger partial charge < -0.3 is 19.3 Å². The smallest absolute Gasteiger partial charge is 0.233 e. The quantitative estimate of drug-likeness (QED) is 0.657. The minimum absolute atomic E-state index is 0.00112. The highest BCUT2D eigenvalue weighted by Gasteiger charge is 2.34. The zero-order chi connectivity index (χ0) is 21.1. The Morgan fingerprint density at radius 2 is 1.80 bits per heavy atom. The van der Waals surface area contributed by atoms with E-state index in [9.17, 15) is 9.59 Å². The number of nitrogens with zero attached hydrogens (tertiary/aromatic N) is 3. The van der Waals surface area contributed by atoms with Gasteiger partial charge >= 0.3 is 0 Å². The standard InChI is InChI=1S/C22H31N3O4S/c1-28-18-7-6-17(14-19(18)29-2)22-25(20(26)15-30-22)13-10-23-8-11-24(12-9-23)21(27)16-4-3-5-16/h6-7,14,16,22H,3-5,8-13,15H2,1-2H3. The van der Waals surface area contributed by atoms with Crippen molar-refractivity contribution in [2.45, 2.75) is 24.6 Å². The van der Waals surface area contributed by atoms with Crippen LogP contribution >= 0.6 is 11.8 Å². The maximum Gasteiger partial charge on any atom is 0.233 e. The molecule has 30 heavy (non-hydrogen) atoms. The lowest BCUT2D eigenvalue weighted by Gasteiger charge is -2.38. The SMILES string of the molecule is COc1ccc(C2SCC(=O)N2CCN2CCN(C(=O)C3CCC3)CC2)cc1OC. The van der Waals surface area contributed by atoms with Crippen LogP contribution in [-0.4, -0.2) is 85.8 Å². The molecule has 1 unspecified atom stereocenters. The Morgan fingerprint density at radius 3 is 2.43 bits per heavy atom. The van der Waals surface area contributed by atoms with E-state index < -0.39 is 0 Å². The van der Waals surface area contributed by atoms with Crippen LogP contribution in [0.3, 0.4) is 0 Å². The number of methoxy groups -OCH3 is 2. The summed E-state index contributed by atoms with van der Waals surface area (Å²) in [6, 6.07) is 5.87. The van der Waals surface area contributed by atoms with Gasteiger partial charge in [0.1, 0.15) is 5.37 Å². The number of hydrogen-bond acceptors (Lipinski definition) is 6. The molecule has 164 valence electrons. The Hall–Kier alpha value is -1.93. The van der Waals surface area contributed by atoms with Gasteiger partial charge in [-0.25, -0.2) is 0 Å². The fraction of sp³-hybridized carbons (Fsp3) is 0.636. The van der Waals surface area contributed by atoms with E-state index in [2.05, 4.69) is 4.90 Å². The summed E-state index contributed by atoms with van der Waals surface area (Å²) in [6.45, 7) is 4.90. The van der Waals surface area contributed by atoms with Crippen molar-refractivity contribution < 1.29 is 19.1 Å². The van der Waals surface area contributed by atoms with Gasteiger partial charge in [0.2, 0.25) is 11.8 Å². The average molecular weight is 434 g/mol. The van der Waals surface area contributed by atoms with Crippen LogP contribution in [0.25, 0.3) is 0 Å². The number of ether oxygens (including phenoxy) is 2. The third-order valence-corrected chi connectivity index (χ3v) is 7.71. The first-order valence-corrected chi connectivity index (χ1v) is 11.8. The topological polar surface area (TPSA) is 62.3 Å². The molecule has 0 spiro atoms. The maximum atomic E-state index is 12.5. The number of amides is 2. The van der Waals surface area contributed by atoms with E-state index in [1.54, 1.807) is 26.0 Å². The van der Waals surface area contributed by atoms with Crippen LogP contribution in [0.4, 0.5) is 0 Å².